The second-order valence-electron chi connectivity index (χ2n) is 3.28. The largest absolute Gasteiger partial charge is 0.378 e. The third-order valence-corrected chi connectivity index (χ3v) is 2.60. The molecule has 0 aliphatic rings. The highest BCUT2D eigenvalue weighted by Crippen LogP contribution is 2.11. The Labute approximate surface area is 93.7 Å². The van der Waals surface area contributed by atoms with Crippen molar-refractivity contribution >= 4 is 17.3 Å². The van der Waals surface area contributed by atoms with Crippen LogP contribution in [0.4, 0.5) is 5.69 Å². The summed E-state index contributed by atoms with van der Waals surface area (Å²) in [5.74, 6) is 0.920. The predicted octanol–water partition coefficient (Wildman–Crippen LogP) is 2.69. The fourth-order valence-corrected chi connectivity index (χ4v) is 1.47. The van der Waals surface area contributed by atoms with Gasteiger partial charge in [-0.2, -0.15) is 0 Å². The molecule has 0 atom stereocenters. The van der Waals surface area contributed by atoms with Gasteiger partial charge in [-0.15, -0.1) is 0 Å². The Morgan fingerprint density at radius 3 is 2.67 bits per heavy atom. The Kier molecular flexibility index (Phi) is 2.92. The first-order valence-corrected chi connectivity index (χ1v) is 5.10. The second kappa shape index (κ2) is 4.36. The zero-order valence-electron chi connectivity index (χ0n) is 8.44. The maximum absolute atomic E-state index is 5.88. The monoisotopic (exact) mass is 221 g/mol. The van der Waals surface area contributed by atoms with Crippen LogP contribution < -0.4 is 5.32 Å². The molecule has 3 nitrogen and oxygen atoms in total. The Morgan fingerprint density at radius 1 is 1.33 bits per heavy atom. The van der Waals surface area contributed by atoms with Crippen LogP contribution >= 0.6 is 11.6 Å². The van der Waals surface area contributed by atoms with Gasteiger partial charge in [0.2, 0.25) is 0 Å². The summed E-state index contributed by atoms with van der Waals surface area (Å²) in [6.07, 6.45) is 1.66. The quantitative estimate of drug-likeness (QED) is 0.864. The van der Waals surface area contributed by atoms with Crippen LogP contribution in [0.5, 0.6) is 0 Å². The summed E-state index contributed by atoms with van der Waals surface area (Å²) < 4.78 is 1.86. The van der Waals surface area contributed by atoms with Gasteiger partial charge in [0.1, 0.15) is 11.0 Å². The van der Waals surface area contributed by atoms with E-state index in [9.17, 15) is 0 Å². The van der Waals surface area contributed by atoms with E-state index in [1.165, 1.54) is 0 Å². The fourth-order valence-electron chi connectivity index (χ4n) is 1.33. The molecule has 0 unspecified atom stereocenters. The average molecular weight is 222 g/mol. The molecule has 0 radical (unpaired) electrons. The van der Waals surface area contributed by atoms with Crippen LogP contribution in [-0.2, 0) is 13.6 Å². The summed E-state index contributed by atoms with van der Waals surface area (Å²) in [5.41, 5.74) is 1.08. The number of nitrogens with one attached hydrogen (secondary N) is 1. The lowest BCUT2D eigenvalue weighted by molar-refractivity contribution is 0.813. The summed E-state index contributed by atoms with van der Waals surface area (Å²) in [6, 6.07) is 10.0. The van der Waals surface area contributed by atoms with E-state index in [0.29, 0.717) is 11.7 Å². The van der Waals surface area contributed by atoms with Gasteiger partial charge in [0.05, 0.1) is 12.7 Å². The zero-order valence-corrected chi connectivity index (χ0v) is 9.20. The van der Waals surface area contributed by atoms with Crippen molar-refractivity contribution in [2.45, 2.75) is 6.54 Å². The first kappa shape index (κ1) is 10.1. The van der Waals surface area contributed by atoms with Gasteiger partial charge in [-0.1, -0.05) is 29.8 Å². The molecule has 1 N–H and O–H groups in total. The molecule has 2 rings (SSSR count). The first-order chi connectivity index (χ1) is 7.27. The number of hydrogen-bond acceptors (Lipinski definition) is 2. The number of nitrogens with zero attached hydrogens (tertiary/aromatic N) is 2. The minimum absolute atomic E-state index is 0.653. The second-order valence-corrected chi connectivity index (χ2v) is 3.66. The molecule has 2 aromatic rings. The maximum Gasteiger partial charge on any atom is 0.128 e. The van der Waals surface area contributed by atoms with E-state index < -0.39 is 0 Å². The van der Waals surface area contributed by atoms with E-state index in [-0.39, 0.29) is 0 Å². The summed E-state index contributed by atoms with van der Waals surface area (Å²) >= 11 is 5.88. The third-order valence-electron chi connectivity index (χ3n) is 2.25. The van der Waals surface area contributed by atoms with Gasteiger partial charge in [-0.3, -0.25) is 0 Å². The minimum Gasteiger partial charge on any atom is -0.378 e. The molecule has 4 heteroatoms. The normalized spacial score (nSPS) is 10.3. The molecular weight excluding hydrogens is 210 g/mol. The lowest BCUT2D eigenvalue weighted by Gasteiger charge is -2.06. The molecule has 1 heterocycles. The molecule has 0 fully saturated rings. The highest BCUT2D eigenvalue weighted by atomic mass is 35.5. The lowest BCUT2D eigenvalue weighted by Crippen LogP contribution is -2.05. The number of anilines is 1. The molecule has 1 aromatic heterocycles. The zero-order chi connectivity index (χ0) is 10.7. The van der Waals surface area contributed by atoms with Crippen LogP contribution in [0.1, 0.15) is 5.82 Å². The Bertz CT molecular complexity index is 436. The Hall–Kier alpha value is -1.48. The molecule has 0 aliphatic heterocycles. The van der Waals surface area contributed by atoms with Gasteiger partial charge < -0.3 is 9.88 Å². The SMILES string of the molecule is Cn1c(Cl)cnc1CNc1ccccc1. The average Bonchev–Trinajstić information content (AvgIpc) is 2.59. The van der Waals surface area contributed by atoms with Gasteiger partial charge in [0, 0.05) is 12.7 Å². The highest BCUT2D eigenvalue weighted by molar-refractivity contribution is 6.29. The number of halogens is 1. The molecular formula is C11H12ClN3. The van der Waals surface area contributed by atoms with Crippen LogP contribution in [-0.4, -0.2) is 9.55 Å². The van der Waals surface area contributed by atoms with E-state index in [1.807, 2.05) is 41.9 Å². The summed E-state index contributed by atoms with van der Waals surface area (Å²) in [7, 11) is 1.90. The summed E-state index contributed by atoms with van der Waals surface area (Å²) in [4.78, 5) is 4.20. The van der Waals surface area contributed by atoms with Crippen molar-refractivity contribution in [3.63, 3.8) is 0 Å². The van der Waals surface area contributed by atoms with Crippen LogP contribution in [0.15, 0.2) is 36.5 Å². The van der Waals surface area contributed by atoms with Crippen molar-refractivity contribution in [2.24, 2.45) is 7.05 Å². The van der Waals surface area contributed by atoms with Gasteiger partial charge >= 0.3 is 0 Å². The number of aromatic nitrogens is 2. The molecule has 0 aliphatic carbocycles. The Balaban J connectivity index is 2.02. The van der Waals surface area contributed by atoms with Gasteiger partial charge in [0.15, 0.2) is 0 Å². The fraction of sp³-hybridized carbons (Fsp3) is 0.182. The summed E-state index contributed by atoms with van der Waals surface area (Å²) in [5, 5.41) is 3.93. The first-order valence-electron chi connectivity index (χ1n) is 4.72. The van der Waals surface area contributed by atoms with Crippen LogP contribution in [0.3, 0.4) is 0 Å². The molecule has 0 saturated heterocycles. The van der Waals surface area contributed by atoms with Gasteiger partial charge in [0.25, 0.3) is 0 Å². The summed E-state index contributed by atoms with van der Waals surface area (Å²) in [6.45, 7) is 0.674. The third kappa shape index (κ3) is 2.30. The van der Waals surface area contributed by atoms with E-state index in [1.54, 1.807) is 6.20 Å². The van der Waals surface area contributed by atoms with Crippen molar-refractivity contribution in [1.82, 2.24) is 9.55 Å². The molecule has 0 saturated carbocycles. The maximum atomic E-state index is 5.88. The van der Waals surface area contributed by atoms with E-state index in [4.69, 9.17) is 11.6 Å². The van der Waals surface area contributed by atoms with Crippen molar-refractivity contribution in [1.29, 1.82) is 0 Å². The van der Waals surface area contributed by atoms with Crippen LogP contribution in [0, 0.1) is 0 Å². The van der Waals surface area contributed by atoms with Gasteiger partial charge in [-0.05, 0) is 12.1 Å². The molecule has 1 aromatic carbocycles. The highest BCUT2D eigenvalue weighted by Gasteiger charge is 2.03. The number of imidazole rings is 1. The van der Waals surface area contributed by atoms with E-state index in [0.717, 1.165) is 11.5 Å². The van der Waals surface area contributed by atoms with Crippen LogP contribution in [0.25, 0.3) is 0 Å². The molecule has 78 valence electrons. The van der Waals surface area contributed by atoms with Crippen molar-refractivity contribution in [2.75, 3.05) is 5.32 Å². The van der Waals surface area contributed by atoms with Crippen molar-refractivity contribution < 1.29 is 0 Å². The topological polar surface area (TPSA) is 29.9 Å². The van der Waals surface area contributed by atoms with Gasteiger partial charge in [-0.25, -0.2) is 4.98 Å². The van der Waals surface area contributed by atoms with Crippen LogP contribution in [0.2, 0.25) is 5.15 Å². The molecule has 0 spiro atoms. The smallest absolute Gasteiger partial charge is 0.128 e. The van der Waals surface area contributed by atoms with E-state index >= 15 is 0 Å². The standard InChI is InChI=1S/C11H12ClN3/c1-15-10(12)7-14-11(15)8-13-9-5-3-2-4-6-9/h2-7,13H,8H2,1H3. The minimum atomic E-state index is 0.653. The van der Waals surface area contributed by atoms with E-state index in [2.05, 4.69) is 10.3 Å². The number of rotatable bonds is 3. The number of hydrogen-bond donors (Lipinski definition) is 1. The predicted molar refractivity (Wildman–Crippen MR) is 62.0 cm³/mol. The van der Waals surface area contributed by atoms with Crippen molar-refractivity contribution in [3.05, 3.63) is 47.5 Å². The number of para-hydroxylation sites is 1. The molecule has 15 heavy (non-hydrogen) atoms. The van der Waals surface area contributed by atoms with Crippen molar-refractivity contribution in [3.8, 4) is 0 Å². The lowest BCUT2D eigenvalue weighted by atomic mass is 10.3. The number of benzene rings is 1. The Morgan fingerprint density at radius 2 is 2.07 bits per heavy atom. The molecule has 0 bridgehead atoms. The molecule has 0 amide bonds.